The lowest BCUT2D eigenvalue weighted by atomic mass is 9.83. The molecular formula is C22H35N3O2. The minimum absolute atomic E-state index is 0.0406. The van der Waals surface area contributed by atoms with E-state index in [0.717, 1.165) is 32.2 Å². The first kappa shape index (κ1) is 20.2. The summed E-state index contributed by atoms with van der Waals surface area (Å²) >= 11 is 0. The molecule has 0 spiro atoms. The van der Waals surface area contributed by atoms with E-state index in [9.17, 15) is 4.79 Å². The first-order chi connectivity index (χ1) is 13.2. The van der Waals surface area contributed by atoms with Crippen molar-refractivity contribution in [3.8, 4) is 0 Å². The van der Waals surface area contributed by atoms with E-state index >= 15 is 0 Å². The maximum absolute atomic E-state index is 12.5. The second kappa shape index (κ2) is 10.1. The summed E-state index contributed by atoms with van der Waals surface area (Å²) in [7, 11) is 1.99. The zero-order valence-electron chi connectivity index (χ0n) is 16.8. The van der Waals surface area contributed by atoms with E-state index in [-0.39, 0.29) is 12.1 Å². The quantitative estimate of drug-likeness (QED) is 0.802. The highest BCUT2D eigenvalue weighted by Gasteiger charge is 2.34. The van der Waals surface area contributed by atoms with Crippen LogP contribution in [0.2, 0.25) is 0 Å². The molecular weight excluding hydrogens is 338 g/mol. The summed E-state index contributed by atoms with van der Waals surface area (Å²) in [6, 6.07) is 11.3. The van der Waals surface area contributed by atoms with Crippen LogP contribution in [-0.4, -0.2) is 55.9 Å². The van der Waals surface area contributed by atoms with Gasteiger partial charge in [-0.25, -0.2) is 4.79 Å². The molecule has 1 saturated heterocycles. The highest BCUT2D eigenvalue weighted by Crippen LogP contribution is 2.34. The van der Waals surface area contributed by atoms with E-state index in [4.69, 9.17) is 4.74 Å². The molecule has 150 valence electrons. The molecule has 0 radical (unpaired) electrons. The second-order valence-corrected chi connectivity index (χ2v) is 7.85. The molecule has 1 aliphatic carbocycles. The topological polar surface area (TPSA) is 53.6 Å². The number of likely N-dealkylation sites (N-methyl/N-ethyl adjacent to an activating group) is 1. The lowest BCUT2D eigenvalue weighted by Crippen LogP contribution is -2.59. The minimum Gasteiger partial charge on any atom is -0.376 e. The highest BCUT2D eigenvalue weighted by atomic mass is 16.5. The van der Waals surface area contributed by atoms with Gasteiger partial charge in [-0.3, -0.25) is 0 Å². The Morgan fingerprint density at radius 2 is 1.89 bits per heavy atom. The standard InChI is InChI=1S/C22H35N3O2/c1-3-24-22(26)25-15-7-10-20(23-2)21(25)16-27-19-13-11-18(12-14-19)17-8-5-4-6-9-17/h4-6,8-9,18-21,23H,3,7,10-16H2,1-2H3,(H,24,26)/t18-,19+,20?,21-/m0/s1. The van der Waals surface area contributed by atoms with Crippen molar-refractivity contribution in [2.75, 3.05) is 26.7 Å². The van der Waals surface area contributed by atoms with Crippen LogP contribution in [0.1, 0.15) is 56.9 Å². The number of carbonyl (C=O) groups excluding carboxylic acids is 1. The number of hydrogen-bond acceptors (Lipinski definition) is 3. The normalized spacial score (nSPS) is 28.7. The van der Waals surface area contributed by atoms with Gasteiger partial charge in [-0.2, -0.15) is 0 Å². The monoisotopic (exact) mass is 373 g/mol. The fraction of sp³-hybridized carbons (Fsp3) is 0.682. The number of hydrogen-bond donors (Lipinski definition) is 2. The van der Waals surface area contributed by atoms with Crippen molar-refractivity contribution < 1.29 is 9.53 Å². The molecule has 1 aromatic rings. The van der Waals surface area contributed by atoms with E-state index in [1.54, 1.807) is 0 Å². The van der Waals surface area contributed by atoms with Gasteiger partial charge in [0.25, 0.3) is 0 Å². The zero-order chi connectivity index (χ0) is 19.1. The molecule has 2 atom stereocenters. The molecule has 1 aromatic carbocycles. The second-order valence-electron chi connectivity index (χ2n) is 7.85. The molecule has 0 bridgehead atoms. The Bertz CT molecular complexity index is 572. The number of nitrogens with zero attached hydrogens (tertiary/aromatic N) is 1. The lowest BCUT2D eigenvalue weighted by molar-refractivity contribution is -0.0188. The van der Waals surface area contributed by atoms with Crippen molar-refractivity contribution in [1.29, 1.82) is 0 Å². The predicted octanol–water partition coefficient (Wildman–Crippen LogP) is 3.51. The van der Waals surface area contributed by atoms with Gasteiger partial charge in [-0.05, 0) is 64.0 Å². The summed E-state index contributed by atoms with van der Waals surface area (Å²) in [5.41, 5.74) is 1.46. The molecule has 5 nitrogen and oxygen atoms in total. The third-order valence-electron chi connectivity index (χ3n) is 6.19. The van der Waals surface area contributed by atoms with Crippen molar-refractivity contribution in [2.45, 2.75) is 69.6 Å². The van der Waals surface area contributed by atoms with Crippen LogP contribution in [0.5, 0.6) is 0 Å². The number of ether oxygens (including phenoxy) is 1. The maximum Gasteiger partial charge on any atom is 0.317 e. The molecule has 3 rings (SSSR count). The number of rotatable bonds is 6. The van der Waals surface area contributed by atoms with Crippen LogP contribution in [0, 0.1) is 0 Å². The molecule has 1 unspecified atom stereocenters. The van der Waals surface area contributed by atoms with Crippen LogP contribution in [0.3, 0.4) is 0 Å². The van der Waals surface area contributed by atoms with Crippen molar-refractivity contribution in [2.24, 2.45) is 0 Å². The number of carbonyl (C=O) groups is 1. The van der Waals surface area contributed by atoms with Gasteiger partial charge in [0.1, 0.15) is 0 Å². The number of likely N-dealkylation sites (tertiary alicyclic amines) is 1. The van der Waals surface area contributed by atoms with Crippen LogP contribution in [0.4, 0.5) is 4.79 Å². The number of benzene rings is 1. The van der Waals surface area contributed by atoms with E-state index in [1.807, 2.05) is 18.9 Å². The predicted molar refractivity (Wildman–Crippen MR) is 109 cm³/mol. The number of amides is 2. The van der Waals surface area contributed by atoms with Crippen LogP contribution < -0.4 is 10.6 Å². The summed E-state index contributed by atoms with van der Waals surface area (Å²) in [5.74, 6) is 0.664. The van der Waals surface area contributed by atoms with Crippen molar-refractivity contribution >= 4 is 6.03 Å². The Hall–Kier alpha value is -1.59. The molecule has 0 aromatic heterocycles. The molecule has 1 saturated carbocycles. The fourth-order valence-electron chi connectivity index (χ4n) is 4.63. The van der Waals surface area contributed by atoms with Crippen LogP contribution in [-0.2, 0) is 4.74 Å². The van der Waals surface area contributed by atoms with Gasteiger partial charge in [-0.1, -0.05) is 30.3 Å². The molecule has 1 aliphatic heterocycles. The summed E-state index contributed by atoms with van der Waals surface area (Å²) < 4.78 is 6.34. The van der Waals surface area contributed by atoms with Gasteiger partial charge in [0.05, 0.1) is 18.8 Å². The van der Waals surface area contributed by atoms with Crippen molar-refractivity contribution in [1.82, 2.24) is 15.5 Å². The van der Waals surface area contributed by atoms with Gasteiger partial charge in [-0.15, -0.1) is 0 Å². The van der Waals surface area contributed by atoms with Gasteiger partial charge in [0.15, 0.2) is 0 Å². The first-order valence-corrected chi connectivity index (χ1v) is 10.6. The summed E-state index contributed by atoms with van der Waals surface area (Å²) in [5, 5.41) is 6.35. The molecule has 1 heterocycles. The summed E-state index contributed by atoms with van der Waals surface area (Å²) in [6.45, 7) is 4.08. The number of nitrogens with one attached hydrogen (secondary N) is 2. The van der Waals surface area contributed by atoms with Gasteiger partial charge in [0, 0.05) is 19.1 Å². The molecule has 2 amide bonds. The molecule has 27 heavy (non-hydrogen) atoms. The Balaban J connectivity index is 1.52. The Labute approximate surface area is 163 Å². The van der Waals surface area contributed by atoms with Gasteiger partial charge >= 0.3 is 6.03 Å². The van der Waals surface area contributed by atoms with Gasteiger partial charge < -0.3 is 20.3 Å². The fourth-order valence-corrected chi connectivity index (χ4v) is 4.63. The van der Waals surface area contributed by atoms with Gasteiger partial charge in [0.2, 0.25) is 0 Å². The highest BCUT2D eigenvalue weighted by molar-refractivity contribution is 5.74. The maximum atomic E-state index is 12.5. The van der Waals surface area contributed by atoms with Crippen molar-refractivity contribution in [3.63, 3.8) is 0 Å². The largest absolute Gasteiger partial charge is 0.376 e. The first-order valence-electron chi connectivity index (χ1n) is 10.6. The van der Waals surface area contributed by atoms with E-state index in [2.05, 4.69) is 41.0 Å². The van der Waals surface area contributed by atoms with Crippen LogP contribution in [0.25, 0.3) is 0 Å². The number of piperidine rings is 1. The zero-order valence-corrected chi connectivity index (χ0v) is 16.8. The molecule has 2 fully saturated rings. The Morgan fingerprint density at radius 1 is 1.15 bits per heavy atom. The van der Waals surface area contributed by atoms with Crippen LogP contribution >= 0.6 is 0 Å². The Kier molecular flexibility index (Phi) is 7.53. The summed E-state index contributed by atoms with van der Waals surface area (Å²) in [6.07, 6.45) is 7.06. The van der Waals surface area contributed by atoms with Crippen molar-refractivity contribution in [3.05, 3.63) is 35.9 Å². The summed E-state index contributed by atoms with van der Waals surface area (Å²) in [4.78, 5) is 14.4. The number of urea groups is 1. The average Bonchev–Trinajstić information content (AvgIpc) is 2.73. The van der Waals surface area contributed by atoms with E-state index in [0.29, 0.717) is 31.2 Å². The van der Waals surface area contributed by atoms with E-state index in [1.165, 1.54) is 18.4 Å². The van der Waals surface area contributed by atoms with Crippen LogP contribution in [0.15, 0.2) is 30.3 Å². The third-order valence-corrected chi connectivity index (χ3v) is 6.19. The Morgan fingerprint density at radius 3 is 2.56 bits per heavy atom. The average molecular weight is 374 g/mol. The molecule has 5 heteroatoms. The SMILES string of the molecule is CCNC(=O)N1CCCC(NC)[C@@H]1CO[C@H]1CC[C@@H](c2ccccc2)CC1. The smallest absolute Gasteiger partial charge is 0.317 e. The lowest BCUT2D eigenvalue weighted by Gasteiger charge is -2.42. The van der Waals surface area contributed by atoms with E-state index < -0.39 is 0 Å². The molecule has 2 aliphatic rings. The molecule has 2 N–H and O–H groups in total. The minimum atomic E-state index is 0.0406. The third kappa shape index (κ3) is 5.23.